The van der Waals surface area contributed by atoms with Gasteiger partial charge in [-0.3, -0.25) is 4.79 Å². The molecule has 3 heteroatoms. The Morgan fingerprint density at radius 1 is 1.13 bits per heavy atom. The summed E-state index contributed by atoms with van der Waals surface area (Å²) in [5.41, 5.74) is 0. The van der Waals surface area contributed by atoms with Gasteiger partial charge in [0.15, 0.2) is 0 Å². The van der Waals surface area contributed by atoms with Crippen molar-refractivity contribution in [3.05, 3.63) is 0 Å². The molecule has 2 fully saturated rings. The Morgan fingerprint density at radius 3 is 2.33 bits per heavy atom. The molecule has 15 heavy (non-hydrogen) atoms. The summed E-state index contributed by atoms with van der Waals surface area (Å²) < 4.78 is 0. The Balaban J connectivity index is 1.81. The first-order valence-electron chi connectivity index (χ1n) is 6.16. The van der Waals surface area contributed by atoms with Gasteiger partial charge in [0.05, 0.1) is 0 Å². The maximum Gasteiger partial charge on any atom is 0.221 e. The van der Waals surface area contributed by atoms with E-state index >= 15 is 0 Å². The van der Waals surface area contributed by atoms with Gasteiger partial charge in [0.25, 0.3) is 0 Å². The summed E-state index contributed by atoms with van der Waals surface area (Å²) in [6.45, 7) is 5.49. The van der Waals surface area contributed by atoms with E-state index in [0.717, 1.165) is 18.4 Å². The number of rotatable bonds is 2. The molecule has 1 saturated heterocycles. The van der Waals surface area contributed by atoms with Gasteiger partial charge in [-0.2, -0.15) is 0 Å². The van der Waals surface area contributed by atoms with E-state index in [-0.39, 0.29) is 5.91 Å². The Hall–Kier alpha value is -0.570. The molecule has 3 nitrogen and oxygen atoms in total. The molecule has 2 N–H and O–H groups in total. The first kappa shape index (κ1) is 10.9. The second-order valence-electron chi connectivity index (χ2n) is 5.49. The summed E-state index contributed by atoms with van der Waals surface area (Å²) in [4.78, 5) is 11.1. The second kappa shape index (κ2) is 4.52. The number of carbonyl (C=O) groups excluding carboxylic acids is 1. The van der Waals surface area contributed by atoms with Crippen molar-refractivity contribution in [2.24, 2.45) is 11.8 Å². The van der Waals surface area contributed by atoms with Crippen LogP contribution in [0.25, 0.3) is 0 Å². The molecule has 0 aromatic carbocycles. The Labute approximate surface area is 92.0 Å². The molecule has 1 aliphatic carbocycles. The quantitative estimate of drug-likeness (QED) is 0.721. The van der Waals surface area contributed by atoms with Crippen molar-refractivity contribution >= 4 is 5.91 Å². The van der Waals surface area contributed by atoms with E-state index < -0.39 is 0 Å². The van der Waals surface area contributed by atoms with Gasteiger partial charge >= 0.3 is 0 Å². The molecule has 0 aromatic heterocycles. The first-order valence-corrected chi connectivity index (χ1v) is 6.16. The highest BCUT2D eigenvalue weighted by Gasteiger charge is 2.28. The zero-order valence-electron chi connectivity index (χ0n) is 9.75. The predicted molar refractivity (Wildman–Crippen MR) is 60.5 cm³/mol. The van der Waals surface area contributed by atoms with Crippen LogP contribution in [0.3, 0.4) is 0 Å². The smallest absolute Gasteiger partial charge is 0.221 e. The molecule has 2 rings (SSSR count). The SMILES string of the molecule is CC1CC(C)CC(NC2CNC(=O)C2)C1. The van der Waals surface area contributed by atoms with Crippen LogP contribution < -0.4 is 10.6 Å². The van der Waals surface area contributed by atoms with Gasteiger partial charge in [-0.15, -0.1) is 0 Å². The van der Waals surface area contributed by atoms with Gasteiger partial charge in [-0.25, -0.2) is 0 Å². The minimum absolute atomic E-state index is 0.199. The molecule has 3 atom stereocenters. The van der Waals surface area contributed by atoms with Crippen LogP contribution in [0.5, 0.6) is 0 Å². The minimum Gasteiger partial charge on any atom is -0.354 e. The Morgan fingerprint density at radius 2 is 1.80 bits per heavy atom. The van der Waals surface area contributed by atoms with Crippen LogP contribution in [-0.4, -0.2) is 24.5 Å². The number of hydrogen-bond acceptors (Lipinski definition) is 2. The van der Waals surface area contributed by atoms with Gasteiger partial charge in [0.2, 0.25) is 5.91 Å². The summed E-state index contributed by atoms with van der Waals surface area (Å²) in [6, 6.07) is 1.00. The lowest BCUT2D eigenvalue weighted by Crippen LogP contribution is -2.43. The molecule has 3 unspecified atom stereocenters. The third-order valence-corrected chi connectivity index (χ3v) is 3.63. The number of amides is 1. The topological polar surface area (TPSA) is 41.1 Å². The van der Waals surface area contributed by atoms with Crippen molar-refractivity contribution in [3.8, 4) is 0 Å². The number of carbonyl (C=O) groups is 1. The molecular weight excluding hydrogens is 188 g/mol. The van der Waals surface area contributed by atoms with Gasteiger partial charge in [0, 0.05) is 25.0 Å². The monoisotopic (exact) mass is 210 g/mol. The Kier molecular flexibility index (Phi) is 3.29. The minimum atomic E-state index is 0.199. The van der Waals surface area contributed by atoms with Gasteiger partial charge < -0.3 is 10.6 Å². The van der Waals surface area contributed by atoms with Crippen molar-refractivity contribution < 1.29 is 4.79 Å². The molecular formula is C12H22N2O. The van der Waals surface area contributed by atoms with Crippen LogP contribution in [-0.2, 0) is 4.79 Å². The average molecular weight is 210 g/mol. The Bertz CT molecular complexity index is 232. The van der Waals surface area contributed by atoms with Crippen LogP contribution in [0.1, 0.15) is 39.5 Å². The highest BCUT2D eigenvalue weighted by molar-refractivity contribution is 5.78. The molecule has 86 valence electrons. The van der Waals surface area contributed by atoms with Crippen LogP contribution in [0.15, 0.2) is 0 Å². The molecule has 2 aliphatic rings. The van der Waals surface area contributed by atoms with E-state index in [2.05, 4.69) is 24.5 Å². The van der Waals surface area contributed by atoms with Gasteiger partial charge in [0.1, 0.15) is 0 Å². The van der Waals surface area contributed by atoms with Crippen LogP contribution in [0, 0.1) is 11.8 Å². The largest absolute Gasteiger partial charge is 0.354 e. The standard InChI is InChI=1S/C12H22N2O/c1-8-3-9(2)5-10(4-8)14-11-6-12(15)13-7-11/h8-11,14H,3-7H2,1-2H3,(H,13,15). The second-order valence-corrected chi connectivity index (χ2v) is 5.49. The van der Waals surface area contributed by atoms with E-state index in [1.807, 2.05) is 0 Å². The summed E-state index contributed by atoms with van der Waals surface area (Å²) in [5, 5.41) is 6.51. The maximum absolute atomic E-state index is 11.1. The molecule has 1 amide bonds. The lowest BCUT2D eigenvalue weighted by atomic mass is 9.80. The fourth-order valence-electron chi connectivity index (χ4n) is 3.14. The summed E-state index contributed by atoms with van der Waals surface area (Å²) in [6.07, 6.45) is 4.57. The van der Waals surface area contributed by atoms with E-state index in [1.165, 1.54) is 19.3 Å². The lowest BCUT2D eigenvalue weighted by Gasteiger charge is -2.33. The van der Waals surface area contributed by atoms with E-state index in [9.17, 15) is 4.79 Å². The fourth-order valence-corrected chi connectivity index (χ4v) is 3.14. The van der Waals surface area contributed by atoms with Crippen molar-refractivity contribution in [3.63, 3.8) is 0 Å². The molecule has 0 spiro atoms. The number of nitrogens with one attached hydrogen (secondary N) is 2. The third-order valence-electron chi connectivity index (χ3n) is 3.63. The van der Waals surface area contributed by atoms with E-state index in [1.54, 1.807) is 0 Å². The maximum atomic E-state index is 11.1. The van der Waals surface area contributed by atoms with E-state index in [0.29, 0.717) is 18.5 Å². The third kappa shape index (κ3) is 2.94. The molecule has 0 aromatic rings. The zero-order chi connectivity index (χ0) is 10.8. The van der Waals surface area contributed by atoms with Crippen molar-refractivity contribution in [2.75, 3.05) is 6.54 Å². The highest BCUT2D eigenvalue weighted by Crippen LogP contribution is 2.28. The predicted octanol–water partition coefficient (Wildman–Crippen LogP) is 1.29. The molecule has 1 saturated carbocycles. The van der Waals surface area contributed by atoms with Crippen LogP contribution in [0.4, 0.5) is 0 Å². The van der Waals surface area contributed by atoms with Crippen molar-refractivity contribution in [1.29, 1.82) is 0 Å². The lowest BCUT2D eigenvalue weighted by molar-refractivity contribution is -0.119. The molecule has 1 aliphatic heterocycles. The number of hydrogen-bond donors (Lipinski definition) is 2. The highest BCUT2D eigenvalue weighted by atomic mass is 16.1. The van der Waals surface area contributed by atoms with Gasteiger partial charge in [-0.1, -0.05) is 13.8 Å². The zero-order valence-corrected chi connectivity index (χ0v) is 9.75. The normalized spacial score (nSPS) is 41.6. The van der Waals surface area contributed by atoms with Crippen LogP contribution >= 0.6 is 0 Å². The average Bonchev–Trinajstić information content (AvgIpc) is 2.49. The molecule has 0 bridgehead atoms. The summed E-state index contributed by atoms with van der Waals surface area (Å²) in [5.74, 6) is 1.86. The first-order chi connectivity index (χ1) is 7.13. The van der Waals surface area contributed by atoms with Crippen molar-refractivity contribution in [2.45, 2.75) is 51.6 Å². The molecule has 1 heterocycles. The molecule has 0 radical (unpaired) electrons. The summed E-state index contributed by atoms with van der Waals surface area (Å²) >= 11 is 0. The fraction of sp³-hybridized carbons (Fsp3) is 0.917. The van der Waals surface area contributed by atoms with E-state index in [4.69, 9.17) is 0 Å². The van der Waals surface area contributed by atoms with Crippen LogP contribution in [0.2, 0.25) is 0 Å². The summed E-state index contributed by atoms with van der Waals surface area (Å²) in [7, 11) is 0. The van der Waals surface area contributed by atoms with Crippen molar-refractivity contribution in [1.82, 2.24) is 10.6 Å². The van der Waals surface area contributed by atoms with Gasteiger partial charge in [-0.05, 0) is 31.1 Å².